The number of hydrogen-bond acceptors (Lipinski definition) is 4. The van der Waals surface area contributed by atoms with Crippen LogP contribution in [0.25, 0.3) is 0 Å². The van der Waals surface area contributed by atoms with E-state index in [-0.39, 0.29) is 12.5 Å². The van der Waals surface area contributed by atoms with Crippen LogP contribution in [0.2, 0.25) is 5.02 Å². The van der Waals surface area contributed by atoms with Gasteiger partial charge < -0.3 is 5.32 Å². The molecule has 0 aromatic heterocycles. The topological polar surface area (TPSA) is 73.0 Å². The summed E-state index contributed by atoms with van der Waals surface area (Å²) in [6.45, 7) is 6.69. The average Bonchev–Trinajstić information content (AvgIpc) is 2.58. The van der Waals surface area contributed by atoms with Gasteiger partial charge in [-0.1, -0.05) is 25.4 Å². The normalized spacial score (nSPS) is 17.0. The van der Waals surface area contributed by atoms with Crippen molar-refractivity contribution in [2.45, 2.75) is 13.8 Å². The molecule has 1 saturated heterocycles. The van der Waals surface area contributed by atoms with Crippen molar-refractivity contribution in [3.63, 3.8) is 0 Å². The zero-order valence-electron chi connectivity index (χ0n) is 14.6. The molecule has 1 aliphatic rings. The Hall–Kier alpha value is -1.19. The van der Waals surface area contributed by atoms with E-state index in [4.69, 9.17) is 11.6 Å². The Bertz CT molecular complexity index is 669. The molecule has 1 aromatic carbocycles. The average molecular weight is 389 g/mol. The number of nitrogens with zero attached hydrogens (tertiary/aromatic N) is 3. The molecular formula is C16H25ClN4O3S. The number of rotatable bonds is 7. The molecule has 0 bridgehead atoms. The van der Waals surface area contributed by atoms with Crippen LogP contribution >= 0.6 is 11.6 Å². The molecule has 1 N–H and O–H groups in total. The number of nitrogens with one attached hydrogen (secondary N) is 1. The number of carbonyl (C=O) groups excluding carboxylic acids is 1. The molecule has 0 saturated carbocycles. The summed E-state index contributed by atoms with van der Waals surface area (Å²) in [7, 11) is -3.40. The molecule has 1 fully saturated rings. The van der Waals surface area contributed by atoms with Crippen molar-refractivity contribution in [2.24, 2.45) is 0 Å². The zero-order valence-corrected chi connectivity index (χ0v) is 16.2. The minimum Gasteiger partial charge on any atom is -0.325 e. The predicted molar refractivity (Wildman–Crippen MR) is 99.9 cm³/mol. The summed E-state index contributed by atoms with van der Waals surface area (Å²) in [5, 5.41) is 3.43. The maximum atomic E-state index is 12.5. The number of amides is 1. The molecule has 0 unspecified atom stereocenters. The lowest BCUT2D eigenvalue weighted by Gasteiger charge is -2.35. The molecule has 0 radical (unpaired) electrons. The minimum atomic E-state index is -3.40. The van der Waals surface area contributed by atoms with Gasteiger partial charge in [-0.2, -0.15) is 17.0 Å². The summed E-state index contributed by atoms with van der Waals surface area (Å²) in [4.78, 5) is 14.1. The van der Waals surface area contributed by atoms with Gasteiger partial charge in [0, 0.05) is 50.0 Å². The van der Waals surface area contributed by atoms with Crippen molar-refractivity contribution in [1.82, 2.24) is 13.5 Å². The SMILES string of the molecule is CCN(CC)S(=O)(=O)N1CCN(CC(=O)Nc2ccc(Cl)cc2)CC1. The minimum absolute atomic E-state index is 0.123. The van der Waals surface area contributed by atoms with Crippen LogP contribution in [0.3, 0.4) is 0 Å². The van der Waals surface area contributed by atoms with Gasteiger partial charge in [0.25, 0.3) is 10.2 Å². The maximum absolute atomic E-state index is 12.5. The number of piperazine rings is 1. The summed E-state index contributed by atoms with van der Waals surface area (Å²) in [5.41, 5.74) is 0.692. The Morgan fingerprint density at radius 2 is 1.68 bits per heavy atom. The molecule has 1 heterocycles. The van der Waals surface area contributed by atoms with Gasteiger partial charge in [0.05, 0.1) is 6.54 Å². The van der Waals surface area contributed by atoms with Crippen LogP contribution in [-0.2, 0) is 15.0 Å². The van der Waals surface area contributed by atoms with Crippen molar-refractivity contribution in [1.29, 1.82) is 0 Å². The third-order valence-electron chi connectivity index (χ3n) is 4.18. The van der Waals surface area contributed by atoms with E-state index in [0.717, 1.165) is 0 Å². The fourth-order valence-corrected chi connectivity index (χ4v) is 4.50. The fourth-order valence-electron chi connectivity index (χ4n) is 2.77. The Labute approximate surface area is 154 Å². The molecule has 1 aromatic rings. The molecule has 0 aliphatic carbocycles. The lowest BCUT2D eigenvalue weighted by Crippen LogP contribution is -2.54. The first-order chi connectivity index (χ1) is 11.9. The second kappa shape index (κ2) is 8.95. The van der Waals surface area contributed by atoms with Crippen LogP contribution in [0.5, 0.6) is 0 Å². The lowest BCUT2D eigenvalue weighted by molar-refractivity contribution is -0.117. The zero-order chi connectivity index (χ0) is 18.4. The standard InChI is InChI=1S/C16H25ClN4O3S/c1-3-20(4-2)25(23,24)21-11-9-19(10-12-21)13-16(22)18-15-7-5-14(17)6-8-15/h5-8H,3-4,9-13H2,1-2H3,(H,18,22). The molecule has 1 aliphatic heterocycles. The highest BCUT2D eigenvalue weighted by molar-refractivity contribution is 7.86. The summed E-state index contributed by atoms with van der Waals surface area (Å²) in [6.07, 6.45) is 0. The van der Waals surface area contributed by atoms with E-state index in [2.05, 4.69) is 5.32 Å². The largest absolute Gasteiger partial charge is 0.325 e. The Kier molecular flexibility index (Phi) is 7.21. The predicted octanol–water partition coefficient (Wildman–Crippen LogP) is 1.48. The summed E-state index contributed by atoms with van der Waals surface area (Å²) in [5.74, 6) is -0.123. The second-order valence-corrected chi connectivity index (χ2v) is 8.19. The highest BCUT2D eigenvalue weighted by Gasteiger charge is 2.31. The third kappa shape index (κ3) is 5.39. The van der Waals surface area contributed by atoms with Gasteiger partial charge in [-0.25, -0.2) is 0 Å². The van der Waals surface area contributed by atoms with E-state index in [1.54, 1.807) is 24.3 Å². The van der Waals surface area contributed by atoms with E-state index in [1.165, 1.54) is 8.61 Å². The monoisotopic (exact) mass is 388 g/mol. The first kappa shape index (κ1) is 20.1. The maximum Gasteiger partial charge on any atom is 0.282 e. The number of carbonyl (C=O) groups is 1. The van der Waals surface area contributed by atoms with Gasteiger partial charge in [0.1, 0.15) is 0 Å². The molecular weight excluding hydrogens is 364 g/mol. The van der Waals surface area contributed by atoms with Crippen LogP contribution < -0.4 is 5.32 Å². The molecule has 1 amide bonds. The van der Waals surface area contributed by atoms with Crippen molar-refractivity contribution < 1.29 is 13.2 Å². The smallest absolute Gasteiger partial charge is 0.282 e. The van der Waals surface area contributed by atoms with E-state index < -0.39 is 10.2 Å². The summed E-state index contributed by atoms with van der Waals surface area (Å²) >= 11 is 5.82. The van der Waals surface area contributed by atoms with Crippen molar-refractivity contribution in [3.8, 4) is 0 Å². The molecule has 25 heavy (non-hydrogen) atoms. The molecule has 2 rings (SSSR count). The fraction of sp³-hybridized carbons (Fsp3) is 0.562. The van der Waals surface area contributed by atoms with Crippen LogP contribution in [-0.4, -0.2) is 73.6 Å². The first-order valence-electron chi connectivity index (χ1n) is 8.39. The van der Waals surface area contributed by atoms with Gasteiger partial charge in [-0.05, 0) is 24.3 Å². The third-order valence-corrected chi connectivity index (χ3v) is 6.62. The van der Waals surface area contributed by atoms with Gasteiger partial charge in [0.2, 0.25) is 5.91 Å². The molecule has 7 nitrogen and oxygen atoms in total. The molecule has 140 valence electrons. The van der Waals surface area contributed by atoms with Gasteiger partial charge >= 0.3 is 0 Å². The molecule has 0 atom stereocenters. The summed E-state index contributed by atoms with van der Waals surface area (Å²) < 4.78 is 27.9. The van der Waals surface area contributed by atoms with Crippen LogP contribution in [0, 0.1) is 0 Å². The van der Waals surface area contributed by atoms with Crippen LogP contribution in [0.1, 0.15) is 13.8 Å². The molecule has 9 heteroatoms. The second-order valence-electron chi connectivity index (χ2n) is 5.82. The van der Waals surface area contributed by atoms with Gasteiger partial charge in [-0.15, -0.1) is 0 Å². The van der Waals surface area contributed by atoms with E-state index in [1.807, 2.05) is 18.7 Å². The Morgan fingerprint density at radius 3 is 2.20 bits per heavy atom. The van der Waals surface area contributed by atoms with Gasteiger partial charge in [0.15, 0.2) is 0 Å². The van der Waals surface area contributed by atoms with E-state index >= 15 is 0 Å². The van der Waals surface area contributed by atoms with Crippen molar-refractivity contribution in [2.75, 3.05) is 51.1 Å². The van der Waals surface area contributed by atoms with E-state index in [0.29, 0.717) is 50.0 Å². The molecule has 0 spiro atoms. The number of halogens is 1. The van der Waals surface area contributed by atoms with Gasteiger partial charge in [-0.3, -0.25) is 9.69 Å². The Morgan fingerprint density at radius 1 is 1.12 bits per heavy atom. The van der Waals surface area contributed by atoms with Crippen molar-refractivity contribution in [3.05, 3.63) is 29.3 Å². The van der Waals surface area contributed by atoms with E-state index in [9.17, 15) is 13.2 Å². The quantitative estimate of drug-likeness (QED) is 0.768. The number of benzene rings is 1. The Balaban J connectivity index is 1.83. The number of hydrogen-bond donors (Lipinski definition) is 1. The highest BCUT2D eigenvalue weighted by atomic mass is 35.5. The first-order valence-corrected chi connectivity index (χ1v) is 10.2. The van der Waals surface area contributed by atoms with Crippen LogP contribution in [0.15, 0.2) is 24.3 Å². The van der Waals surface area contributed by atoms with Crippen molar-refractivity contribution >= 4 is 33.4 Å². The lowest BCUT2D eigenvalue weighted by atomic mass is 10.3. The highest BCUT2D eigenvalue weighted by Crippen LogP contribution is 2.14. The van der Waals surface area contributed by atoms with Crippen LogP contribution in [0.4, 0.5) is 5.69 Å². The summed E-state index contributed by atoms with van der Waals surface area (Å²) in [6, 6.07) is 6.92. The number of anilines is 1.